The zero-order valence-corrected chi connectivity index (χ0v) is 16.9. The molecule has 0 aliphatic carbocycles. The molecule has 7 heteroatoms. The van der Waals surface area contributed by atoms with Crippen molar-refractivity contribution in [2.24, 2.45) is 0 Å². The summed E-state index contributed by atoms with van der Waals surface area (Å²) in [5.41, 5.74) is 0.408. The highest BCUT2D eigenvalue weighted by atomic mass is 35.5. The molecule has 2 amide bonds. The maximum Gasteiger partial charge on any atom is 0.238 e. The quantitative estimate of drug-likeness (QED) is 0.752. The standard InChI is InChI=1S/C19H27Cl2N3O2/c1-3-14-8-5-6-11-24(14)18(26)13-23(4-2)12-17(25)22-19-15(20)9-7-10-16(19)21/h7,9-10,14H,3-6,8,11-13H2,1-2H3,(H,22,25). The lowest BCUT2D eigenvalue weighted by Gasteiger charge is -2.36. The van der Waals surface area contributed by atoms with Gasteiger partial charge in [0.05, 0.1) is 28.8 Å². The molecule has 1 aromatic rings. The number of likely N-dealkylation sites (N-methyl/N-ethyl adjacent to an activating group) is 1. The summed E-state index contributed by atoms with van der Waals surface area (Å²) in [6.07, 6.45) is 4.28. The minimum absolute atomic E-state index is 0.0991. The first-order chi connectivity index (χ1) is 12.5. The van der Waals surface area contributed by atoms with Gasteiger partial charge in [-0.05, 0) is 44.4 Å². The van der Waals surface area contributed by atoms with Crippen molar-refractivity contribution in [3.05, 3.63) is 28.2 Å². The highest BCUT2D eigenvalue weighted by molar-refractivity contribution is 6.39. The number of rotatable bonds is 7. The normalized spacial score (nSPS) is 17.4. The summed E-state index contributed by atoms with van der Waals surface area (Å²) >= 11 is 12.2. The van der Waals surface area contributed by atoms with E-state index in [2.05, 4.69) is 12.2 Å². The number of hydrogen-bond donors (Lipinski definition) is 1. The predicted molar refractivity (Wildman–Crippen MR) is 107 cm³/mol. The van der Waals surface area contributed by atoms with Crippen molar-refractivity contribution in [3.8, 4) is 0 Å². The summed E-state index contributed by atoms with van der Waals surface area (Å²) in [5, 5.41) is 3.53. The molecular formula is C19H27Cl2N3O2. The lowest BCUT2D eigenvalue weighted by molar-refractivity contribution is -0.136. The monoisotopic (exact) mass is 399 g/mol. The van der Waals surface area contributed by atoms with Gasteiger partial charge in [-0.15, -0.1) is 0 Å². The fraction of sp³-hybridized carbons (Fsp3) is 0.579. The molecule has 2 rings (SSSR count). The van der Waals surface area contributed by atoms with Gasteiger partial charge in [0, 0.05) is 12.6 Å². The second kappa shape index (κ2) is 10.1. The van der Waals surface area contributed by atoms with Crippen LogP contribution in [0.2, 0.25) is 10.0 Å². The average molecular weight is 400 g/mol. The van der Waals surface area contributed by atoms with Crippen molar-refractivity contribution in [2.75, 3.05) is 31.5 Å². The van der Waals surface area contributed by atoms with E-state index in [1.165, 1.54) is 6.42 Å². The lowest BCUT2D eigenvalue weighted by atomic mass is 10.00. The van der Waals surface area contributed by atoms with Gasteiger partial charge in [-0.2, -0.15) is 0 Å². The Hall–Kier alpha value is -1.30. The number of nitrogens with zero attached hydrogens (tertiary/aromatic N) is 2. The first-order valence-corrected chi connectivity index (χ1v) is 9.97. The van der Waals surface area contributed by atoms with E-state index in [1.54, 1.807) is 18.2 Å². The van der Waals surface area contributed by atoms with Gasteiger partial charge in [0.1, 0.15) is 0 Å². The second-order valence-electron chi connectivity index (χ2n) is 6.59. The van der Waals surface area contributed by atoms with Gasteiger partial charge in [-0.1, -0.05) is 43.1 Å². The number of para-hydroxylation sites is 1. The number of nitrogens with one attached hydrogen (secondary N) is 1. The fourth-order valence-electron chi connectivity index (χ4n) is 3.31. The van der Waals surface area contributed by atoms with Crippen LogP contribution < -0.4 is 5.32 Å². The maximum absolute atomic E-state index is 12.7. The number of amides is 2. The van der Waals surface area contributed by atoms with Gasteiger partial charge in [-0.3, -0.25) is 14.5 Å². The largest absolute Gasteiger partial charge is 0.339 e. The van der Waals surface area contributed by atoms with Crippen LogP contribution in [-0.4, -0.2) is 53.8 Å². The Kier molecular flexibility index (Phi) is 8.19. The third kappa shape index (κ3) is 5.60. The molecule has 1 N–H and O–H groups in total. The van der Waals surface area contributed by atoms with Crippen LogP contribution in [0, 0.1) is 0 Å². The minimum atomic E-state index is -0.236. The van der Waals surface area contributed by atoms with Crippen LogP contribution in [0.1, 0.15) is 39.5 Å². The van der Waals surface area contributed by atoms with E-state index < -0.39 is 0 Å². The summed E-state index contributed by atoms with van der Waals surface area (Å²) in [6, 6.07) is 5.39. The molecule has 5 nitrogen and oxygen atoms in total. The van der Waals surface area contributed by atoms with Crippen LogP contribution in [0.3, 0.4) is 0 Å². The number of hydrogen-bond acceptors (Lipinski definition) is 3. The molecule has 1 aromatic carbocycles. The molecular weight excluding hydrogens is 373 g/mol. The van der Waals surface area contributed by atoms with Crippen LogP contribution >= 0.6 is 23.2 Å². The van der Waals surface area contributed by atoms with E-state index in [-0.39, 0.29) is 24.9 Å². The highest BCUT2D eigenvalue weighted by Crippen LogP contribution is 2.29. The summed E-state index contributed by atoms with van der Waals surface area (Å²) in [4.78, 5) is 28.9. The van der Waals surface area contributed by atoms with Crippen LogP contribution in [0.5, 0.6) is 0 Å². The second-order valence-corrected chi connectivity index (χ2v) is 7.41. The van der Waals surface area contributed by atoms with Crippen LogP contribution in [0.25, 0.3) is 0 Å². The van der Waals surface area contributed by atoms with E-state index >= 15 is 0 Å². The Labute approximate surface area is 165 Å². The molecule has 0 bridgehead atoms. The van der Waals surface area contributed by atoms with Crippen molar-refractivity contribution in [2.45, 2.75) is 45.6 Å². The van der Waals surface area contributed by atoms with E-state index in [0.717, 1.165) is 25.8 Å². The highest BCUT2D eigenvalue weighted by Gasteiger charge is 2.26. The van der Waals surface area contributed by atoms with Gasteiger partial charge in [0.2, 0.25) is 11.8 Å². The maximum atomic E-state index is 12.7. The summed E-state index contributed by atoms with van der Waals surface area (Å²) in [5.74, 6) is -0.137. The van der Waals surface area contributed by atoms with Crippen molar-refractivity contribution in [3.63, 3.8) is 0 Å². The zero-order chi connectivity index (χ0) is 19.1. The Morgan fingerprint density at radius 3 is 2.50 bits per heavy atom. The number of carbonyl (C=O) groups excluding carboxylic acids is 2. The third-order valence-corrected chi connectivity index (χ3v) is 5.45. The molecule has 1 aliphatic heterocycles. The van der Waals surface area contributed by atoms with E-state index in [9.17, 15) is 9.59 Å². The number of anilines is 1. The van der Waals surface area contributed by atoms with E-state index in [4.69, 9.17) is 23.2 Å². The van der Waals surface area contributed by atoms with E-state index in [0.29, 0.717) is 28.3 Å². The number of likely N-dealkylation sites (tertiary alicyclic amines) is 1. The molecule has 0 radical (unpaired) electrons. The zero-order valence-electron chi connectivity index (χ0n) is 15.4. The summed E-state index contributed by atoms with van der Waals surface area (Å²) < 4.78 is 0. The molecule has 1 fully saturated rings. The van der Waals surface area contributed by atoms with Gasteiger partial charge in [0.25, 0.3) is 0 Å². The van der Waals surface area contributed by atoms with Gasteiger partial charge in [-0.25, -0.2) is 0 Å². The van der Waals surface area contributed by atoms with Gasteiger partial charge in [0.15, 0.2) is 0 Å². The number of benzene rings is 1. The molecule has 1 atom stereocenters. The van der Waals surface area contributed by atoms with Crippen LogP contribution in [0.4, 0.5) is 5.69 Å². The molecule has 144 valence electrons. The third-order valence-electron chi connectivity index (χ3n) is 4.82. The minimum Gasteiger partial charge on any atom is -0.339 e. The molecule has 0 aromatic heterocycles. The SMILES string of the molecule is CCC1CCCCN1C(=O)CN(CC)CC(=O)Nc1c(Cl)cccc1Cl. The number of halogens is 2. The van der Waals surface area contributed by atoms with Crippen molar-refractivity contribution < 1.29 is 9.59 Å². The topological polar surface area (TPSA) is 52.7 Å². The molecule has 1 aliphatic rings. The van der Waals surface area contributed by atoms with Gasteiger partial charge >= 0.3 is 0 Å². The van der Waals surface area contributed by atoms with Crippen molar-refractivity contribution >= 4 is 40.7 Å². The average Bonchev–Trinajstić information content (AvgIpc) is 2.64. The Morgan fingerprint density at radius 1 is 1.19 bits per heavy atom. The molecule has 1 unspecified atom stereocenters. The molecule has 1 saturated heterocycles. The summed E-state index contributed by atoms with van der Waals surface area (Å²) in [6.45, 7) is 5.85. The Morgan fingerprint density at radius 2 is 1.88 bits per heavy atom. The fourth-order valence-corrected chi connectivity index (χ4v) is 3.81. The van der Waals surface area contributed by atoms with Crippen molar-refractivity contribution in [1.82, 2.24) is 9.80 Å². The van der Waals surface area contributed by atoms with Crippen LogP contribution in [-0.2, 0) is 9.59 Å². The smallest absolute Gasteiger partial charge is 0.238 e. The number of piperidine rings is 1. The van der Waals surface area contributed by atoms with Crippen LogP contribution in [0.15, 0.2) is 18.2 Å². The Balaban J connectivity index is 1.93. The first-order valence-electron chi connectivity index (χ1n) is 9.21. The summed E-state index contributed by atoms with van der Waals surface area (Å²) in [7, 11) is 0. The number of carbonyl (C=O) groups is 2. The molecule has 1 heterocycles. The van der Waals surface area contributed by atoms with E-state index in [1.807, 2.05) is 16.7 Å². The molecule has 26 heavy (non-hydrogen) atoms. The molecule has 0 spiro atoms. The lowest BCUT2D eigenvalue weighted by Crippen LogP contribution is -2.48. The van der Waals surface area contributed by atoms with Gasteiger partial charge < -0.3 is 10.2 Å². The van der Waals surface area contributed by atoms with Crippen molar-refractivity contribution in [1.29, 1.82) is 0 Å². The first kappa shape index (κ1) is 21.0. The molecule has 0 saturated carbocycles. The Bertz CT molecular complexity index is 619. The predicted octanol–water partition coefficient (Wildman–Crippen LogP) is 4.04.